The van der Waals surface area contributed by atoms with Gasteiger partial charge in [0.2, 0.25) is 17.7 Å². The summed E-state index contributed by atoms with van der Waals surface area (Å²) >= 11 is 6.91. The fourth-order valence-electron chi connectivity index (χ4n) is 8.97. The standard InChI is InChI=1S/C53H52F8N8O6S2/c1-29-44(77-28-65-29)31-13-11-30(12-14-31)25-64-46(71)38-10-9-19-67(38)47(72)45(50(2,3)4)66-40(70)27-74-20-7-8-21-75-39-18-16-32(22-36(39)54)43-35(52(56,57)58)23-34(26-63-43)69-49(76)68(48(73)51(69,5)6)37-17-15-33(24-62)41(42(37)55)53(59,60)61/h11-18,22-23,26,28,38,45H,7-10,19-21,25,27H2,1-6H3,(H,64,71)(H,66,70). The second-order valence-electron chi connectivity index (χ2n) is 19.8. The first-order chi connectivity index (χ1) is 36.1. The molecular formula is C53H52F8N8O6S2. The normalized spacial score (nSPS) is 16.2. The Bertz CT molecular complexity index is 3120. The van der Waals surface area contributed by atoms with Crippen LogP contribution in [-0.2, 0) is 42.8 Å². The highest BCUT2D eigenvalue weighted by molar-refractivity contribution is 7.81. The van der Waals surface area contributed by atoms with Gasteiger partial charge in [-0.3, -0.25) is 29.1 Å². The third kappa shape index (κ3) is 12.5. The Morgan fingerprint density at radius 2 is 1.64 bits per heavy atom. The summed E-state index contributed by atoms with van der Waals surface area (Å²) in [5, 5.41) is 14.2. The topological polar surface area (TPSA) is 170 Å². The predicted octanol–water partition coefficient (Wildman–Crippen LogP) is 10.3. The number of ether oxygens (including phenoxy) is 2. The quantitative estimate of drug-likeness (QED) is 0.0516. The molecule has 0 radical (unpaired) electrons. The third-order valence-corrected chi connectivity index (χ3v) is 14.3. The van der Waals surface area contributed by atoms with Gasteiger partial charge >= 0.3 is 12.4 Å². The number of likely N-dealkylation sites (tertiary alicyclic amines) is 1. The largest absolute Gasteiger partial charge is 0.491 e. The monoisotopic (exact) mass is 1110 g/mol. The number of anilines is 2. The molecule has 2 saturated heterocycles. The minimum Gasteiger partial charge on any atom is -0.491 e. The molecule has 0 saturated carbocycles. The van der Waals surface area contributed by atoms with Crippen molar-refractivity contribution in [3.8, 4) is 33.5 Å². The van der Waals surface area contributed by atoms with Gasteiger partial charge in [0, 0.05) is 25.3 Å². The van der Waals surface area contributed by atoms with Crippen LogP contribution < -0.4 is 25.2 Å². The molecule has 2 atom stereocenters. The molecule has 2 N–H and O–H groups in total. The van der Waals surface area contributed by atoms with Crippen LogP contribution >= 0.6 is 23.6 Å². The van der Waals surface area contributed by atoms with Gasteiger partial charge in [-0.05, 0) is 112 Å². The van der Waals surface area contributed by atoms with Crippen LogP contribution in [0.3, 0.4) is 0 Å². The number of carbonyl (C=O) groups is 4. The van der Waals surface area contributed by atoms with Crippen LogP contribution in [0.25, 0.3) is 21.7 Å². The van der Waals surface area contributed by atoms with Gasteiger partial charge in [0.15, 0.2) is 22.5 Å². The zero-order valence-electron chi connectivity index (χ0n) is 42.4. The van der Waals surface area contributed by atoms with E-state index >= 15 is 8.78 Å². The van der Waals surface area contributed by atoms with Crippen LogP contribution in [-0.4, -0.2) is 87.6 Å². The molecule has 0 bridgehead atoms. The lowest BCUT2D eigenvalue weighted by molar-refractivity contribution is -0.144. The first-order valence-corrected chi connectivity index (χ1v) is 25.4. The Morgan fingerprint density at radius 3 is 2.26 bits per heavy atom. The minimum absolute atomic E-state index is 0.0532. The molecule has 2 aliphatic heterocycles. The van der Waals surface area contributed by atoms with Crippen LogP contribution in [0.15, 0.2) is 72.4 Å². The molecule has 24 heteroatoms. The molecule has 4 heterocycles. The summed E-state index contributed by atoms with van der Waals surface area (Å²) in [6, 6.07) is 12.3. The predicted molar refractivity (Wildman–Crippen MR) is 273 cm³/mol. The molecule has 2 fully saturated rings. The first-order valence-electron chi connectivity index (χ1n) is 24.1. The maximum Gasteiger partial charge on any atom is 0.420 e. The Labute approximate surface area is 447 Å². The van der Waals surface area contributed by atoms with Crippen molar-refractivity contribution in [1.82, 2.24) is 25.5 Å². The second-order valence-corrected chi connectivity index (χ2v) is 21.0. The average Bonchev–Trinajstić information content (AvgIpc) is 4.21. The number of nitrogens with zero attached hydrogens (tertiary/aromatic N) is 6. The summed E-state index contributed by atoms with van der Waals surface area (Å²) in [6.45, 7) is 9.99. The van der Waals surface area contributed by atoms with Crippen LogP contribution in [0.4, 0.5) is 46.5 Å². The van der Waals surface area contributed by atoms with Gasteiger partial charge in [0.1, 0.15) is 29.8 Å². The van der Waals surface area contributed by atoms with Crippen molar-refractivity contribution < 1.29 is 63.8 Å². The summed E-state index contributed by atoms with van der Waals surface area (Å²) < 4.78 is 128. The molecule has 4 amide bonds. The number of pyridine rings is 1. The second kappa shape index (κ2) is 22.9. The van der Waals surface area contributed by atoms with Crippen molar-refractivity contribution in [2.75, 3.05) is 36.2 Å². The molecule has 2 unspecified atom stereocenters. The van der Waals surface area contributed by atoms with E-state index in [2.05, 4.69) is 20.6 Å². The van der Waals surface area contributed by atoms with E-state index in [1.807, 2.05) is 31.2 Å². The number of hydrogen-bond acceptors (Lipinski definition) is 11. The van der Waals surface area contributed by atoms with Gasteiger partial charge in [0.05, 0.1) is 63.2 Å². The number of hydrogen-bond donors (Lipinski definition) is 2. The van der Waals surface area contributed by atoms with Gasteiger partial charge in [-0.25, -0.2) is 13.8 Å². The van der Waals surface area contributed by atoms with Gasteiger partial charge < -0.3 is 29.9 Å². The van der Waals surface area contributed by atoms with Crippen LogP contribution in [0.2, 0.25) is 0 Å². The van der Waals surface area contributed by atoms with Gasteiger partial charge in [-0.15, -0.1) is 11.3 Å². The van der Waals surface area contributed by atoms with E-state index in [0.717, 1.165) is 57.1 Å². The molecular weight excluding hydrogens is 1060 g/mol. The lowest BCUT2D eigenvalue weighted by atomic mass is 9.85. The fraction of sp³-hybridized carbons (Fsp3) is 0.396. The number of amides is 4. The van der Waals surface area contributed by atoms with Crippen molar-refractivity contribution in [2.24, 2.45) is 5.41 Å². The summed E-state index contributed by atoms with van der Waals surface area (Å²) in [6.07, 6.45) is -7.88. The zero-order valence-corrected chi connectivity index (χ0v) is 44.1. The summed E-state index contributed by atoms with van der Waals surface area (Å²) in [4.78, 5) is 66.2. The number of aromatic nitrogens is 2. The van der Waals surface area contributed by atoms with Crippen LogP contribution in [0.5, 0.6) is 5.75 Å². The van der Waals surface area contributed by atoms with Crippen molar-refractivity contribution in [2.45, 2.75) is 104 Å². The molecule has 408 valence electrons. The first kappa shape index (κ1) is 57.6. The van der Waals surface area contributed by atoms with Crippen LogP contribution in [0, 0.1) is 35.3 Å². The number of nitrogens with one attached hydrogen (secondary N) is 2. The van der Waals surface area contributed by atoms with E-state index in [4.69, 9.17) is 21.7 Å². The van der Waals surface area contributed by atoms with E-state index in [1.54, 1.807) is 37.6 Å². The third-order valence-electron chi connectivity index (χ3n) is 12.9. The minimum atomic E-state index is -5.36. The highest BCUT2D eigenvalue weighted by Gasteiger charge is 2.53. The van der Waals surface area contributed by atoms with Crippen molar-refractivity contribution in [3.05, 3.63) is 112 Å². The Kier molecular flexibility index (Phi) is 17.1. The number of unbranched alkanes of at least 4 members (excludes halogenated alkanes) is 1. The number of rotatable bonds is 17. The van der Waals surface area contributed by atoms with Crippen molar-refractivity contribution >= 4 is 63.7 Å². The number of benzene rings is 3. The molecule has 0 aliphatic carbocycles. The Hall–Kier alpha value is -7.10. The molecule has 3 aromatic carbocycles. The number of aryl methyl sites for hydroxylation is 1. The number of nitriles is 1. The maximum absolute atomic E-state index is 15.5. The van der Waals surface area contributed by atoms with E-state index in [1.165, 1.54) is 24.8 Å². The summed E-state index contributed by atoms with van der Waals surface area (Å²) in [5.41, 5.74) is -4.90. The molecule has 77 heavy (non-hydrogen) atoms. The van der Waals surface area contributed by atoms with E-state index in [-0.39, 0.29) is 43.6 Å². The lowest BCUT2D eigenvalue weighted by Gasteiger charge is -2.35. The molecule has 0 spiro atoms. The lowest BCUT2D eigenvalue weighted by Crippen LogP contribution is -2.58. The number of thiocarbonyl (C=S) groups is 1. The van der Waals surface area contributed by atoms with Crippen LogP contribution in [0.1, 0.15) is 88.2 Å². The number of alkyl halides is 6. The fourth-order valence-corrected chi connectivity index (χ4v) is 10.3. The molecule has 2 aliphatic rings. The van der Waals surface area contributed by atoms with Gasteiger partial charge in [0.25, 0.3) is 5.91 Å². The molecule has 5 aromatic rings. The van der Waals surface area contributed by atoms with Gasteiger partial charge in [-0.2, -0.15) is 31.6 Å². The Balaban J connectivity index is 0.903. The molecule has 7 rings (SSSR count). The zero-order chi connectivity index (χ0) is 56.4. The maximum atomic E-state index is 15.5. The highest BCUT2D eigenvalue weighted by Crippen LogP contribution is 2.45. The van der Waals surface area contributed by atoms with E-state index in [9.17, 15) is 50.8 Å². The van der Waals surface area contributed by atoms with Crippen molar-refractivity contribution in [1.29, 1.82) is 5.26 Å². The van der Waals surface area contributed by atoms with E-state index < -0.39 is 104 Å². The smallest absolute Gasteiger partial charge is 0.420 e. The molecule has 2 aromatic heterocycles. The van der Waals surface area contributed by atoms with Gasteiger partial charge in [-0.1, -0.05) is 45.0 Å². The SMILES string of the molecule is Cc1ncsc1-c1ccc(CNC(=O)C2CCCN2C(=O)C(NC(=O)COCCCCOc2ccc(-c3ncc(N4C(=S)N(c5ccc(C#N)c(C(F)(F)F)c5F)C(=O)C4(C)C)cc3C(F)(F)F)cc2F)C(C)(C)C)cc1. The molecule has 14 nitrogen and oxygen atoms in total. The summed E-state index contributed by atoms with van der Waals surface area (Å²) in [7, 11) is 0. The highest BCUT2D eigenvalue weighted by atomic mass is 32.1. The number of halogens is 8. The average molecular weight is 1110 g/mol. The Morgan fingerprint density at radius 1 is 0.948 bits per heavy atom. The van der Waals surface area contributed by atoms with E-state index in [0.29, 0.717) is 49.3 Å². The van der Waals surface area contributed by atoms with Crippen molar-refractivity contribution in [3.63, 3.8) is 0 Å². The number of thiazole rings is 1. The number of carbonyl (C=O) groups excluding carboxylic acids is 4. The summed E-state index contributed by atoms with van der Waals surface area (Å²) in [5.74, 6) is -5.67.